The molecule has 1 unspecified atom stereocenters. The van der Waals surface area contributed by atoms with Crippen LogP contribution in [0.2, 0.25) is 0 Å². The molecule has 2 aromatic heterocycles. The molecule has 2 heterocycles. The van der Waals surface area contributed by atoms with E-state index in [-0.39, 0.29) is 12.2 Å². The highest BCUT2D eigenvalue weighted by Crippen LogP contribution is 2.18. The van der Waals surface area contributed by atoms with Crippen molar-refractivity contribution in [2.24, 2.45) is 7.05 Å². The van der Waals surface area contributed by atoms with Gasteiger partial charge in [0.15, 0.2) is 0 Å². The molecular formula is C15H24N6O3. The predicted molar refractivity (Wildman–Crippen MR) is 88.5 cm³/mol. The lowest BCUT2D eigenvalue weighted by Crippen LogP contribution is -2.32. The number of aliphatic hydroxyl groups excluding tert-OH is 1. The first-order chi connectivity index (χ1) is 11.3. The summed E-state index contributed by atoms with van der Waals surface area (Å²) in [7, 11) is 3.82. The third-order valence-corrected chi connectivity index (χ3v) is 3.67. The number of hydrogen-bond donors (Lipinski definition) is 1. The number of aryl methyl sites for hydroxylation is 1. The Kier molecular flexibility index (Phi) is 5.68. The molecule has 0 amide bonds. The SMILES string of the molecule is CC(C)c1nn(C)cc1CN(C)CC(O)Cn1cc([N+](=O)[O-])cn1. The van der Waals surface area contributed by atoms with Gasteiger partial charge >= 0.3 is 5.69 Å². The van der Waals surface area contributed by atoms with Crippen LogP contribution in [0.3, 0.4) is 0 Å². The van der Waals surface area contributed by atoms with E-state index in [1.807, 2.05) is 25.2 Å². The van der Waals surface area contributed by atoms with Gasteiger partial charge in [-0.05, 0) is 13.0 Å². The fraction of sp³-hybridized carbons (Fsp3) is 0.600. The first kappa shape index (κ1) is 18.1. The van der Waals surface area contributed by atoms with E-state index in [2.05, 4.69) is 24.0 Å². The summed E-state index contributed by atoms with van der Waals surface area (Å²) in [6.45, 7) is 5.52. The predicted octanol–water partition coefficient (Wildman–Crippen LogP) is 1.14. The molecule has 1 N–H and O–H groups in total. The molecule has 0 radical (unpaired) electrons. The lowest BCUT2D eigenvalue weighted by molar-refractivity contribution is -0.385. The summed E-state index contributed by atoms with van der Waals surface area (Å²) >= 11 is 0. The van der Waals surface area contributed by atoms with Crippen molar-refractivity contribution >= 4 is 5.69 Å². The van der Waals surface area contributed by atoms with Gasteiger partial charge in [-0.25, -0.2) is 0 Å². The molecule has 0 saturated heterocycles. The van der Waals surface area contributed by atoms with Crippen LogP contribution in [-0.4, -0.2) is 54.2 Å². The molecular weight excluding hydrogens is 312 g/mol. The largest absolute Gasteiger partial charge is 0.390 e. The Labute approximate surface area is 140 Å². The van der Waals surface area contributed by atoms with Crippen molar-refractivity contribution in [2.45, 2.75) is 39.0 Å². The van der Waals surface area contributed by atoms with Gasteiger partial charge in [-0.1, -0.05) is 13.8 Å². The van der Waals surface area contributed by atoms with E-state index in [0.717, 1.165) is 11.3 Å². The smallest absolute Gasteiger partial charge is 0.306 e. The molecule has 0 spiro atoms. The lowest BCUT2D eigenvalue weighted by Gasteiger charge is -2.20. The molecule has 0 bridgehead atoms. The molecule has 2 rings (SSSR count). The molecule has 0 aliphatic rings. The van der Waals surface area contributed by atoms with Gasteiger partial charge in [-0.2, -0.15) is 10.2 Å². The number of likely N-dealkylation sites (N-methyl/N-ethyl adjacent to an activating group) is 1. The van der Waals surface area contributed by atoms with Gasteiger partial charge in [0, 0.05) is 31.9 Å². The van der Waals surface area contributed by atoms with Crippen LogP contribution < -0.4 is 0 Å². The second kappa shape index (κ2) is 7.54. The Morgan fingerprint density at radius 2 is 2.12 bits per heavy atom. The van der Waals surface area contributed by atoms with E-state index < -0.39 is 11.0 Å². The van der Waals surface area contributed by atoms with E-state index >= 15 is 0 Å². The zero-order valence-electron chi connectivity index (χ0n) is 14.5. The fourth-order valence-corrected chi connectivity index (χ4v) is 2.70. The summed E-state index contributed by atoms with van der Waals surface area (Å²) in [6.07, 6.45) is 3.82. The molecule has 132 valence electrons. The minimum atomic E-state index is -0.673. The van der Waals surface area contributed by atoms with Crippen LogP contribution in [0.15, 0.2) is 18.6 Å². The van der Waals surface area contributed by atoms with Crippen LogP contribution in [0.1, 0.15) is 31.0 Å². The summed E-state index contributed by atoms with van der Waals surface area (Å²) < 4.78 is 3.19. The molecule has 0 aromatic carbocycles. The second-order valence-corrected chi connectivity index (χ2v) is 6.40. The van der Waals surface area contributed by atoms with E-state index in [9.17, 15) is 15.2 Å². The Bertz CT molecular complexity index is 693. The maximum absolute atomic E-state index is 10.6. The van der Waals surface area contributed by atoms with E-state index in [1.54, 1.807) is 4.68 Å². The molecule has 9 heteroatoms. The van der Waals surface area contributed by atoms with Crippen LogP contribution in [0.5, 0.6) is 0 Å². The second-order valence-electron chi connectivity index (χ2n) is 6.40. The third kappa shape index (κ3) is 4.62. The normalized spacial score (nSPS) is 13.0. The highest BCUT2D eigenvalue weighted by Gasteiger charge is 2.16. The first-order valence-electron chi connectivity index (χ1n) is 7.82. The summed E-state index contributed by atoms with van der Waals surface area (Å²) in [5, 5.41) is 29.2. The Morgan fingerprint density at radius 3 is 2.71 bits per heavy atom. The van der Waals surface area contributed by atoms with Crippen molar-refractivity contribution in [2.75, 3.05) is 13.6 Å². The number of aliphatic hydroxyl groups is 1. The molecule has 0 aliphatic carbocycles. The molecule has 1 atom stereocenters. The molecule has 0 saturated carbocycles. The Hall–Kier alpha value is -2.26. The standard InChI is InChI=1S/C15H24N6O3/c1-11(2)15-12(7-19(4)17-15)6-18(3)9-14(22)10-20-8-13(5-16-20)21(23)24/h5,7-8,11,14,22H,6,9-10H2,1-4H3. The van der Waals surface area contributed by atoms with Crippen molar-refractivity contribution in [3.8, 4) is 0 Å². The minimum Gasteiger partial charge on any atom is -0.390 e. The van der Waals surface area contributed by atoms with Crippen LogP contribution in [0.25, 0.3) is 0 Å². The van der Waals surface area contributed by atoms with Crippen LogP contribution in [-0.2, 0) is 20.1 Å². The molecule has 2 aromatic rings. The van der Waals surface area contributed by atoms with Gasteiger partial charge in [0.1, 0.15) is 12.4 Å². The monoisotopic (exact) mass is 336 g/mol. The van der Waals surface area contributed by atoms with Crippen molar-refractivity contribution in [3.05, 3.63) is 40.0 Å². The molecule has 0 fully saturated rings. The Balaban J connectivity index is 1.91. The van der Waals surface area contributed by atoms with Gasteiger partial charge < -0.3 is 5.11 Å². The van der Waals surface area contributed by atoms with Crippen molar-refractivity contribution in [1.82, 2.24) is 24.5 Å². The summed E-state index contributed by atoms with van der Waals surface area (Å²) in [5.41, 5.74) is 2.12. The first-order valence-corrected chi connectivity index (χ1v) is 7.82. The maximum Gasteiger partial charge on any atom is 0.306 e. The average Bonchev–Trinajstić information content (AvgIpc) is 3.05. The maximum atomic E-state index is 10.6. The molecule has 0 aliphatic heterocycles. The molecule has 9 nitrogen and oxygen atoms in total. The van der Waals surface area contributed by atoms with Crippen molar-refractivity contribution < 1.29 is 10.0 Å². The van der Waals surface area contributed by atoms with Crippen LogP contribution in [0.4, 0.5) is 5.69 Å². The number of aromatic nitrogens is 4. The lowest BCUT2D eigenvalue weighted by atomic mass is 10.1. The molecule has 24 heavy (non-hydrogen) atoms. The highest BCUT2D eigenvalue weighted by molar-refractivity contribution is 5.21. The number of nitro groups is 1. The van der Waals surface area contributed by atoms with Crippen LogP contribution in [0, 0.1) is 10.1 Å². The van der Waals surface area contributed by atoms with Gasteiger partial charge in [0.25, 0.3) is 0 Å². The number of rotatable bonds is 8. The van der Waals surface area contributed by atoms with Crippen molar-refractivity contribution in [3.63, 3.8) is 0 Å². The minimum absolute atomic E-state index is 0.0764. The quantitative estimate of drug-likeness (QED) is 0.573. The van der Waals surface area contributed by atoms with Gasteiger partial charge in [-0.15, -0.1) is 0 Å². The van der Waals surface area contributed by atoms with Gasteiger partial charge in [0.05, 0.1) is 23.3 Å². The van der Waals surface area contributed by atoms with Crippen molar-refractivity contribution in [1.29, 1.82) is 0 Å². The highest BCUT2D eigenvalue weighted by atomic mass is 16.6. The van der Waals surface area contributed by atoms with Gasteiger partial charge in [0.2, 0.25) is 0 Å². The third-order valence-electron chi connectivity index (χ3n) is 3.67. The van der Waals surface area contributed by atoms with Gasteiger partial charge in [-0.3, -0.25) is 24.4 Å². The number of hydrogen-bond acceptors (Lipinski definition) is 6. The Morgan fingerprint density at radius 1 is 1.42 bits per heavy atom. The van der Waals surface area contributed by atoms with E-state index in [1.165, 1.54) is 17.1 Å². The zero-order valence-corrected chi connectivity index (χ0v) is 14.5. The zero-order chi connectivity index (χ0) is 17.9. The fourth-order valence-electron chi connectivity index (χ4n) is 2.70. The average molecular weight is 336 g/mol. The van der Waals surface area contributed by atoms with E-state index in [4.69, 9.17) is 0 Å². The summed E-state index contributed by atoms with van der Waals surface area (Å²) in [5.74, 6) is 0.337. The van der Waals surface area contributed by atoms with Crippen LogP contribution >= 0.6 is 0 Å². The number of nitrogens with zero attached hydrogens (tertiary/aromatic N) is 6. The summed E-state index contributed by atoms with van der Waals surface area (Å²) in [4.78, 5) is 12.1. The topological polar surface area (TPSA) is 102 Å². The summed E-state index contributed by atoms with van der Waals surface area (Å²) in [6, 6.07) is 0. The van der Waals surface area contributed by atoms with E-state index in [0.29, 0.717) is 19.0 Å².